The van der Waals surface area contributed by atoms with E-state index in [1.54, 1.807) is 24.3 Å². The SMILES string of the molecule is CCC(=NNC(=O)COc1cc(C)ccc1C)c1ccc(O)cc1. The number of rotatable bonds is 6. The van der Waals surface area contributed by atoms with Gasteiger partial charge in [0.2, 0.25) is 0 Å². The van der Waals surface area contributed by atoms with Crippen LogP contribution in [0.3, 0.4) is 0 Å². The lowest BCUT2D eigenvalue weighted by atomic mass is 10.1. The molecule has 2 aromatic carbocycles. The van der Waals surface area contributed by atoms with Crippen molar-refractivity contribution in [2.24, 2.45) is 5.10 Å². The molecule has 126 valence electrons. The Morgan fingerprint density at radius 3 is 2.54 bits per heavy atom. The second-order valence-electron chi connectivity index (χ2n) is 5.55. The fourth-order valence-electron chi connectivity index (χ4n) is 2.17. The van der Waals surface area contributed by atoms with Crippen molar-refractivity contribution in [3.05, 3.63) is 59.2 Å². The average molecular weight is 326 g/mol. The van der Waals surface area contributed by atoms with Crippen molar-refractivity contribution in [3.8, 4) is 11.5 Å². The molecule has 0 aromatic heterocycles. The lowest BCUT2D eigenvalue weighted by Gasteiger charge is -2.09. The number of amides is 1. The molecular weight excluding hydrogens is 304 g/mol. The number of nitrogens with one attached hydrogen (secondary N) is 1. The molecule has 0 spiro atoms. The highest BCUT2D eigenvalue weighted by atomic mass is 16.5. The fraction of sp³-hybridized carbons (Fsp3) is 0.263. The standard InChI is InChI=1S/C19H22N2O3/c1-4-17(15-7-9-16(22)10-8-15)20-21-19(23)12-24-18-11-13(2)5-6-14(18)3/h5-11,22H,4,12H2,1-3H3,(H,21,23). The third-order valence-corrected chi connectivity index (χ3v) is 3.55. The summed E-state index contributed by atoms with van der Waals surface area (Å²) >= 11 is 0. The summed E-state index contributed by atoms with van der Waals surface area (Å²) in [5.41, 5.74) is 6.16. The quantitative estimate of drug-likeness (QED) is 0.632. The van der Waals surface area contributed by atoms with Crippen LogP contribution in [-0.4, -0.2) is 23.3 Å². The highest BCUT2D eigenvalue weighted by Gasteiger charge is 2.06. The van der Waals surface area contributed by atoms with Gasteiger partial charge in [-0.3, -0.25) is 4.79 Å². The van der Waals surface area contributed by atoms with Crippen molar-refractivity contribution in [1.82, 2.24) is 5.43 Å². The molecule has 0 fully saturated rings. The van der Waals surface area contributed by atoms with Gasteiger partial charge in [-0.1, -0.05) is 19.1 Å². The minimum absolute atomic E-state index is 0.0969. The molecule has 2 N–H and O–H groups in total. The van der Waals surface area contributed by atoms with Crippen LogP contribution in [0, 0.1) is 13.8 Å². The summed E-state index contributed by atoms with van der Waals surface area (Å²) in [6, 6.07) is 12.6. The number of hydrogen-bond acceptors (Lipinski definition) is 4. The Kier molecular flexibility index (Phi) is 5.95. The van der Waals surface area contributed by atoms with Gasteiger partial charge < -0.3 is 9.84 Å². The number of aromatic hydroxyl groups is 1. The summed E-state index contributed by atoms with van der Waals surface area (Å²) in [4.78, 5) is 11.9. The van der Waals surface area contributed by atoms with E-state index < -0.39 is 0 Å². The largest absolute Gasteiger partial charge is 0.508 e. The molecule has 0 bridgehead atoms. The second-order valence-corrected chi connectivity index (χ2v) is 5.55. The zero-order chi connectivity index (χ0) is 17.5. The van der Waals surface area contributed by atoms with Gasteiger partial charge in [0.15, 0.2) is 6.61 Å². The van der Waals surface area contributed by atoms with E-state index in [0.29, 0.717) is 12.2 Å². The van der Waals surface area contributed by atoms with Gasteiger partial charge in [0, 0.05) is 0 Å². The summed E-state index contributed by atoms with van der Waals surface area (Å²) in [7, 11) is 0. The van der Waals surface area contributed by atoms with Crippen molar-refractivity contribution in [1.29, 1.82) is 0 Å². The third-order valence-electron chi connectivity index (χ3n) is 3.55. The van der Waals surface area contributed by atoms with Gasteiger partial charge in [-0.2, -0.15) is 5.10 Å². The van der Waals surface area contributed by atoms with Crippen LogP contribution in [0.15, 0.2) is 47.6 Å². The molecule has 0 atom stereocenters. The minimum atomic E-state index is -0.319. The molecule has 0 aliphatic carbocycles. The minimum Gasteiger partial charge on any atom is -0.508 e. The van der Waals surface area contributed by atoms with Crippen LogP contribution in [0.4, 0.5) is 0 Å². The molecule has 0 unspecified atom stereocenters. The number of phenolic OH excluding ortho intramolecular Hbond substituents is 1. The van der Waals surface area contributed by atoms with Crippen LogP contribution in [-0.2, 0) is 4.79 Å². The van der Waals surface area contributed by atoms with Gasteiger partial charge in [-0.05, 0) is 67.3 Å². The summed E-state index contributed by atoms with van der Waals surface area (Å²) in [6.07, 6.45) is 0.656. The Morgan fingerprint density at radius 2 is 1.88 bits per heavy atom. The lowest BCUT2D eigenvalue weighted by molar-refractivity contribution is -0.123. The molecule has 2 rings (SSSR count). The van der Waals surface area contributed by atoms with Crippen LogP contribution >= 0.6 is 0 Å². The molecule has 24 heavy (non-hydrogen) atoms. The van der Waals surface area contributed by atoms with Crippen molar-refractivity contribution in [3.63, 3.8) is 0 Å². The van der Waals surface area contributed by atoms with Crippen LogP contribution in [0.2, 0.25) is 0 Å². The maximum Gasteiger partial charge on any atom is 0.277 e. The smallest absolute Gasteiger partial charge is 0.277 e. The van der Waals surface area contributed by atoms with E-state index in [2.05, 4.69) is 10.5 Å². The molecule has 0 aliphatic heterocycles. The predicted octanol–water partition coefficient (Wildman–Crippen LogP) is 3.32. The Morgan fingerprint density at radius 1 is 1.17 bits per heavy atom. The number of hydrazone groups is 1. The Balaban J connectivity index is 1.95. The molecule has 5 nitrogen and oxygen atoms in total. The number of phenols is 1. The topological polar surface area (TPSA) is 70.9 Å². The normalized spacial score (nSPS) is 11.2. The van der Waals surface area contributed by atoms with Gasteiger partial charge >= 0.3 is 0 Å². The van der Waals surface area contributed by atoms with E-state index in [0.717, 1.165) is 22.4 Å². The zero-order valence-electron chi connectivity index (χ0n) is 14.2. The van der Waals surface area contributed by atoms with E-state index in [-0.39, 0.29) is 18.3 Å². The Hall–Kier alpha value is -2.82. The Labute approximate surface area is 142 Å². The highest BCUT2D eigenvalue weighted by molar-refractivity contribution is 6.01. The number of aryl methyl sites for hydroxylation is 2. The second kappa shape index (κ2) is 8.15. The van der Waals surface area contributed by atoms with Gasteiger partial charge in [0.1, 0.15) is 11.5 Å². The van der Waals surface area contributed by atoms with Crippen molar-refractivity contribution in [2.45, 2.75) is 27.2 Å². The number of carbonyl (C=O) groups excluding carboxylic acids is 1. The van der Waals surface area contributed by atoms with Gasteiger partial charge in [0.05, 0.1) is 5.71 Å². The maximum atomic E-state index is 11.9. The van der Waals surface area contributed by atoms with Crippen LogP contribution in [0.1, 0.15) is 30.0 Å². The summed E-state index contributed by atoms with van der Waals surface area (Å²) in [6.45, 7) is 5.76. The number of benzene rings is 2. The molecule has 0 aliphatic rings. The molecule has 2 aromatic rings. The molecular formula is C19H22N2O3. The van der Waals surface area contributed by atoms with Crippen molar-refractivity contribution >= 4 is 11.6 Å². The zero-order valence-corrected chi connectivity index (χ0v) is 14.2. The first-order valence-electron chi connectivity index (χ1n) is 7.84. The Bertz CT molecular complexity index is 737. The van der Waals surface area contributed by atoms with Crippen LogP contribution < -0.4 is 10.2 Å². The van der Waals surface area contributed by atoms with E-state index in [4.69, 9.17) is 4.74 Å². The van der Waals surface area contributed by atoms with E-state index >= 15 is 0 Å². The average Bonchev–Trinajstić information content (AvgIpc) is 2.57. The number of carbonyl (C=O) groups is 1. The van der Waals surface area contributed by atoms with Crippen molar-refractivity contribution < 1.29 is 14.6 Å². The third kappa shape index (κ3) is 4.84. The first kappa shape index (κ1) is 17.5. The number of ether oxygens (including phenoxy) is 1. The highest BCUT2D eigenvalue weighted by Crippen LogP contribution is 2.18. The summed E-state index contributed by atoms with van der Waals surface area (Å²) < 4.78 is 5.55. The maximum absolute atomic E-state index is 11.9. The summed E-state index contributed by atoms with van der Waals surface area (Å²) in [5.74, 6) is 0.573. The number of hydrogen-bond donors (Lipinski definition) is 2. The van der Waals surface area contributed by atoms with Gasteiger partial charge in [-0.25, -0.2) is 5.43 Å². The van der Waals surface area contributed by atoms with Crippen LogP contribution in [0.5, 0.6) is 11.5 Å². The van der Waals surface area contributed by atoms with Gasteiger partial charge in [0.25, 0.3) is 5.91 Å². The number of nitrogens with zero attached hydrogens (tertiary/aromatic N) is 1. The van der Waals surface area contributed by atoms with Crippen molar-refractivity contribution in [2.75, 3.05) is 6.61 Å². The monoisotopic (exact) mass is 326 g/mol. The molecule has 5 heteroatoms. The fourth-order valence-corrected chi connectivity index (χ4v) is 2.17. The van der Waals surface area contributed by atoms with E-state index in [1.807, 2.05) is 39.0 Å². The molecule has 1 amide bonds. The summed E-state index contributed by atoms with van der Waals surface area (Å²) in [5, 5.41) is 13.5. The molecule has 0 saturated carbocycles. The van der Waals surface area contributed by atoms with Gasteiger partial charge in [-0.15, -0.1) is 0 Å². The lowest BCUT2D eigenvalue weighted by Crippen LogP contribution is -2.26. The predicted molar refractivity (Wildman–Crippen MR) is 94.5 cm³/mol. The molecule has 0 radical (unpaired) electrons. The van der Waals surface area contributed by atoms with E-state index in [9.17, 15) is 9.90 Å². The first-order chi connectivity index (χ1) is 11.5. The molecule has 0 heterocycles. The molecule has 0 saturated heterocycles. The van der Waals surface area contributed by atoms with Crippen LogP contribution in [0.25, 0.3) is 0 Å². The van der Waals surface area contributed by atoms with E-state index in [1.165, 1.54) is 0 Å². The first-order valence-corrected chi connectivity index (χ1v) is 7.84.